The van der Waals surface area contributed by atoms with Crippen molar-refractivity contribution >= 4 is 0 Å². The highest BCUT2D eigenvalue weighted by Crippen LogP contribution is 2.42. The molecule has 1 aromatic carbocycles. The largest absolute Gasteiger partial charge is 0.207 e. The molecule has 1 saturated carbocycles. The van der Waals surface area contributed by atoms with Crippen molar-refractivity contribution in [3.05, 3.63) is 35.6 Å². The lowest BCUT2D eigenvalue weighted by molar-refractivity contribution is 0.621. The van der Waals surface area contributed by atoms with Crippen LogP contribution in [0.25, 0.3) is 0 Å². The molecule has 1 atom stereocenters. The summed E-state index contributed by atoms with van der Waals surface area (Å²) in [5.41, 5.74) is 0.824. The Morgan fingerprint density at radius 3 is 2.77 bits per heavy atom. The van der Waals surface area contributed by atoms with Crippen molar-refractivity contribution in [2.24, 2.45) is 5.92 Å². The lowest BCUT2D eigenvalue weighted by Gasteiger charge is -2.06. The van der Waals surface area contributed by atoms with Crippen LogP contribution in [-0.2, 0) is 0 Å². The first-order chi connectivity index (χ1) is 6.31. The molecule has 0 aromatic heterocycles. The molecule has 0 aliphatic heterocycles. The summed E-state index contributed by atoms with van der Waals surface area (Å²) < 4.78 is 12.8. The van der Waals surface area contributed by atoms with Crippen LogP contribution in [0.15, 0.2) is 24.3 Å². The van der Waals surface area contributed by atoms with Gasteiger partial charge in [-0.2, -0.15) is 5.26 Å². The van der Waals surface area contributed by atoms with Gasteiger partial charge in [0.05, 0.1) is 12.0 Å². The van der Waals surface area contributed by atoms with Crippen molar-refractivity contribution in [2.75, 3.05) is 0 Å². The van der Waals surface area contributed by atoms with Crippen molar-refractivity contribution in [3.63, 3.8) is 0 Å². The molecule has 0 saturated heterocycles. The minimum absolute atomic E-state index is 0.101. The molecule has 0 radical (unpaired) electrons. The molecule has 0 spiro atoms. The van der Waals surface area contributed by atoms with Gasteiger partial charge >= 0.3 is 0 Å². The van der Waals surface area contributed by atoms with E-state index in [4.69, 9.17) is 5.26 Å². The van der Waals surface area contributed by atoms with E-state index in [2.05, 4.69) is 6.07 Å². The molecule has 2 heteroatoms. The van der Waals surface area contributed by atoms with E-state index in [0.29, 0.717) is 5.92 Å². The van der Waals surface area contributed by atoms with Crippen LogP contribution in [0, 0.1) is 23.1 Å². The Kier molecular flexibility index (Phi) is 2.02. The third-order valence-electron chi connectivity index (χ3n) is 2.44. The van der Waals surface area contributed by atoms with E-state index in [9.17, 15) is 4.39 Å². The lowest BCUT2D eigenvalue weighted by atomic mass is 9.96. The Balaban J connectivity index is 2.27. The van der Waals surface area contributed by atoms with Crippen LogP contribution >= 0.6 is 0 Å². The molecule has 1 nitrogen and oxygen atoms in total. The van der Waals surface area contributed by atoms with Gasteiger partial charge in [0.2, 0.25) is 0 Å². The second-order valence-corrected chi connectivity index (χ2v) is 3.50. The minimum atomic E-state index is -0.251. The second kappa shape index (κ2) is 3.18. The van der Waals surface area contributed by atoms with Gasteiger partial charge in [0.15, 0.2) is 0 Å². The van der Waals surface area contributed by atoms with E-state index < -0.39 is 0 Å². The molecule has 1 fully saturated rings. The molecule has 13 heavy (non-hydrogen) atoms. The average Bonchev–Trinajstić information content (AvgIpc) is 2.90. The number of rotatable bonds is 2. The topological polar surface area (TPSA) is 23.8 Å². The maximum atomic E-state index is 12.8. The third kappa shape index (κ3) is 1.70. The lowest BCUT2D eigenvalue weighted by Crippen LogP contribution is -1.97. The van der Waals surface area contributed by atoms with Gasteiger partial charge in [-0.25, -0.2) is 4.39 Å². The average molecular weight is 175 g/mol. The van der Waals surface area contributed by atoms with E-state index in [1.54, 1.807) is 6.07 Å². The van der Waals surface area contributed by atoms with Crippen LogP contribution in [0.4, 0.5) is 4.39 Å². The Bertz CT molecular complexity index is 349. The highest BCUT2D eigenvalue weighted by atomic mass is 19.1. The zero-order chi connectivity index (χ0) is 9.26. The molecule has 0 heterocycles. The fraction of sp³-hybridized carbons (Fsp3) is 0.364. The molecule has 66 valence electrons. The quantitative estimate of drug-likeness (QED) is 0.678. The first kappa shape index (κ1) is 8.25. The van der Waals surface area contributed by atoms with Crippen molar-refractivity contribution in [1.82, 2.24) is 0 Å². The van der Waals surface area contributed by atoms with Crippen LogP contribution in [-0.4, -0.2) is 0 Å². The Morgan fingerprint density at radius 1 is 1.46 bits per heavy atom. The predicted octanol–water partition coefficient (Wildman–Crippen LogP) is 2.84. The fourth-order valence-electron chi connectivity index (χ4n) is 1.58. The maximum absolute atomic E-state index is 12.8. The van der Waals surface area contributed by atoms with Crippen molar-refractivity contribution in [1.29, 1.82) is 5.26 Å². The normalized spacial score (nSPS) is 17.8. The molecule has 1 aliphatic rings. The number of nitrogens with zero attached hydrogens (tertiary/aromatic N) is 1. The zero-order valence-corrected chi connectivity index (χ0v) is 7.20. The standard InChI is InChI=1S/C11H10FN/c12-10-3-1-2-9(6-10)11(7-13)8-4-5-8/h1-3,6,8,11H,4-5H2. The summed E-state index contributed by atoms with van der Waals surface area (Å²) in [6.07, 6.45) is 2.21. The van der Waals surface area contributed by atoms with E-state index >= 15 is 0 Å². The van der Waals surface area contributed by atoms with Gasteiger partial charge in [-0.05, 0) is 36.5 Å². The van der Waals surface area contributed by atoms with Gasteiger partial charge in [-0.3, -0.25) is 0 Å². The maximum Gasteiger partial charge on any atom is 0.123 e. The first-order valence-corrected chi connectivity index (χ1v) is 4.46. The van der Waals surface area contributed by atoms with E-state index in [1.165, 1.54) is 12.1 Å². The predicted molar refractivity (Wildman–Crippen MR) is 47.5 cm³/mol. The molecule has 0 N–H and O–H groups in total. The summed E-state index contributed by atoms with van der Waals surface area (Å²) in [5, 5.41) is 8.91. The smallest absolute Gasteiger partial charge is 0.123 e. The summed E-state index contributed by atoms with van der Waals surface area (Å²) in [4.78, 5) is 0. The van der Waals surface area contributed by atoms with Crippen molar-refractivity contribution in [3.8, 4) is 6.07 Å². The van der Waals surface area contributed by atoms with Crippen LogP contribution in [0.5, 0.6) is 0 Å². The first-order valence-electron chi connectivity index (χ1n) is 4.46. The van der Waals surface area contributed by atoms with E-state index in [-0.39, 0.29) is 11.7 Å². The summed E-state index contributed by atoms with van der Waals surface area (Å²) >= 11 is 0. The van der Waals surface area contributed by atoms with Gasteiger partial charge in [-0.15, -0.1) is 0 Å². The summed E-state index contributed by atoms with van der Waals surface area (Å²) in [6, 6.07) is 8.61. The highest BCUT2D eigenvalue weighted by Gasteiger charge is 2.32. The van der Waals surface area contributed by atoms with Gasteiger partial charge in [0, 0.05) is 0 Å². The molecular weight excluding hydrogens is 165 g/mol. The number of hydrogen-bond donors (Lipinski definition) is 0. The third-order valence-corrected chi connectivity index (χ3v) is 2.44. The van der Waals surface area contributed by atoms with E-state index in [0.717, 1.165) is 18.4 Å². The molecule has 1 unspecified atom stereocenters. The number of nitriles is 1. The number of halogens is 1. The van der Waals surface area contributed by atoms with Crippen LogP contribution in [0.1, 0.15) is 24.3 Å². The summed E-state index contributed by atoms with van der Waals surface area (Å²) in [5.74, 6) is 0.112. The van der Waals surface area contributed by atoms with E-state index in [1.807, 2.05) is 6.07 Å². The fourth-order valence-corrected chi connectivity index (χ4v) is 1.58. The molecule has 2 rings (SSSR count). The van der Waals surface area contributed by atoms with Gasteiger partial charge in [-0.1, -0.05) is 12.1 Å². The molecule has 0 amide bonds. The SMILES string of the molecule is N#CC(c1cccc(F)c1)C1CC1. The van der Waals surface area contributed by atoms with Crippen LogP contribution in [0.3, 0.4) is 0 Å². The minimum Gasteiger partial charge on any atom is -0.207 e. The number of benzene rings is 1. The van der Waals surface area contributed by atoms with Gasteiger partial charge in [0.1, 0.15) is 5.82 Å². The number of hydrogen-bond acceptors (Lipinski definition) is 1. The van der Waals surface area contributed by atoms with Crippen molar-refractivity contribution in [2.45, 2.75) is 18.8 Å². The Hall–Kier alpha value is -1.36. The van der Waals surface area contributed by atoms with Gasteiger partial charge in [0.25, 0.3) is 0 Å². The second-order valence-electron chi connectivity index (χ2n) is 3.50. The Morgan fingerprint density at radius 2 is 2.23 bits per heavy atom. The molecule has 0 bridgehead atoms. The van der Waals surface area contributed by atoms with Crippen LogP contribution in [0.2, 0.25) is 0 Å². The highest BCUT2D eigenvalue weighted by molar-refractivity contribution is 5.27. The zero-order valence-electron chi connectivity index (χ0n) is 7.20. The van der Waals surface area contributed by atoms with Crippen LogP contribution < -0.4 is 0 Å². The molecule has 1 aromatic rings. The Labute approximate surface area is 76.8 Å². The van der Waals surface area contributed by atoms with Gasteiger partial charge < -0.3 is 0 Å². The molecular formula is C11H10FN. The molecule has 1 aliphatic carbocycles. The summed E-state index contributed by atoms with van der Waals surface area (Å²) in [7, 11) is 0. The monoisotopic (exact) mass is 175 g/mol. The summed E-state index contributed by atoms with van der Waals surface area (Å²) in [6.45, 7) is 0. The van der Waals surface area contributed by atoms with Crippen molar-refractivity contribution < 1.29 is 4.39 Å².